The van der Waals surface area contributed by atoms with Crippen LogP contribution in [0.15, 0.2) is 137 Å². The number of nitrogens with zero attached hydrogens (tertiary/aromatic N) is 3. The van der Waals surface area contributed by atoms with E-state index >= 15 is 0 Å². The number of fused-ring (bicyclic) bond motifs is 4. The number of furan rings is 1. The van der Waals surface area contributed by atoms with Gasteiger partial charge in [-0.25, -0.2) is 4.98 Å². The van der Waals surface area contributed by atoms with Crippen LogP contribution < -0.4 is 0 Å². The van der Waals surface area contributed by atoms with Gasteiger partial charge >= 0.3 is 0 Å². The third-order valence-corrected chi connectivity index (χ3v) is 7.18. The molecule has 4 heterocycles. The van der Waals surface area contributed by atoms with Gasteiger partial charge in [-0.2, -0.15) is 0 Å². The fourth-order valence-corrected chi connectivity index (χ4v) is 5.37. The van der Waals surface area contributed by atoms with Gasteiger partial charge in [-0.05, 0) is 72.8 Å². The Balaban J connectivity index is 1.31. The molecule has 5 nitrogen and oxygen atoms in total. The van der Waals surface area contributed by atoms with E-state index in [0.717, 1.165) is 56.0 Å². The maximum absolute atomic E-state index is 6.21. The van der Waals surface area contributed by atoms with E-state index in [4.69, 9.17) is 13.8 Å². The third-order valence-electron chi connectivity index (χ3n) is 7.18. The van der Waals surface area contributed by atoms with E-state index in [9.17, 15) is 0 Å². The van der Waals surface area contributed by atoms with Crippen LogP contribution in [0.5, 0.6) is 0 Å². The lowest BCUT2D eigenvalue weighted by Crippen LogP contribution is -1.95. The molecular weight excluding hydrogens is 482 g/mol. The fraction of sp³-hybridized carbons (Fsp3) is 0. The van der Waals surface area contributed by atoms with Crippen LogP contribution in [0, 0.1) is 0 Å². The summed E-state index contributed by atoms with van der Waals surface area (Å²) in [6, 6.07) is 39.2. The summed E-state index contributed by atoms with van der Waals surface area (Å²) in [6.45, 7) is 0. The molecular formula is C34H21N3O2. The Hall–Kier alpha value is -5.42. The van der Waals surface area contributed by atoms with Gasteiger partial charge in [0.05, 0.1) is 23.0 Å². The van der Waals surface area contributed by atoms with Crippen LogP contribution in [-0.2, 0) is 0 Å². The Morgan fingerprint density at radius 3 is 2.41 bits per heavy atom. The molecule has 0 spiro atoms. The Morgan fingerprint density at radius 1 is 0.615 bits per heavy atom. The van der Waals surface area contributed by atoms with E-state index in [1.165, 1.54) is 10.8 Å². The first-order chi connectivity index (χ1) is 19.3. The lowest BCUT2D eigenvalue weighted by Gasteiger charge is -2.10. The van der Waals surface area contributed by atoms with Crippen LogP contribution in [0.25, 0.3) is 72.6 Å². The molecule has 0 unspecified atom stereocenters. The van der Waals surface area contributed by atoms with E-state index in [0.29, 0.717) is 5.89 Å². The smallest absolute Gasteiger partial charge is 0.227 e. The van der Waals surface area contributed by atoms with Gasteiger partial charge in [-0.15, -0.1) is 0 Å². The van der Waals surface area contributed by atoms with Gasteiger partial charge in [0.2, 0.25) is 5.89 Å². The van der Waals surface area contributed by atoms with Gasteiger partial charge in [0, 0.05) is 39.3 Å². The number of oxazole rings is 1. The summed E-state index contributed by atoms with van der Waals surface area (Å²) >= 11 is 0. The van der Waals surface area contributed by atoms with E-state index in [1.807, 2.05) is 54.7 Å². The minimum absolute atomic E-state index is 0.586. The van der Waals surface area contributed by atoms with Crippen molar-refractivity contribution in [3.05, 3.63) is 128 Å². The van der Waals surface area contributed by atoms with Gasteiger partial charge in [-0.1, -0.05) is 42.5 Å². The predicted octanol–water partition coefficient (Wildman–Crippen LogP) is 8.91. The van der Waals surface area contributed by atoms with E-state index in [2.05, 4.69) is 76.3 Å². The molecule has 0 saturated heterocycles. The third kappa shape index (κ3) is 3.55. The van der Waals surface area contributed by atoms with Crippen LogP contribution in [-0.4, -0.2) is 14.5 Å². The SMILES string of the molecule is c1ccc(-c2cccc(-n3c4ccccc4c4ccc(-c5nc6cc(-c7ccco7)ccc6o5)cc43)c2)nc1. The van der Waals surface area contributed by atoms with Crippen LogP contribution in [0.1, 0.15) is 0 Å². The summed E-state index contributed by atoms with van der Waals surface area (Å²) in [5, 5.41) is 2.37. The van der Waals surface area contributed by atoms with Crippen molar-refractivity contribution in [1.82, 2.24) is 14.5 Å². The average molecular weight is 504 g/mol. The molecule has 8 rings (SSSR count). The molecule has 0 bridgehead atoms. The number of rotatable bonds is 4. The first-order valence-electron chi connectivity index (χ1n) is 12.8. The molecule has 0 N–H and O–H groups in total. The van der Waals surface area contributed by atoms with Crippen molar-refractivity contribution in [2.24, 2.45) is 0 Å². The van der Waals surface area contributed by atoms with Gasteiger partial charge in [0.15, 0.2) is 5.58 Å². The second kappa shape index (κ2) is 8.57. The highest BCUT2D eigenvalue weighted by Crippen LogP contribution is 2.36. The molecule has 4 aromatic carbocycles. The number of para-hydroxylation sites is 1. The Bertz CT molecular complexity index is 2120. The van der Waals surface area contributed by atoms with Crippen molar-refractivity contribution >= 4 is 32.9 Å². The van der Waals surface area contributed by atoms with Crippen molar-refractivity contribution in [2.45, 2.75) is 0 Å². The second-order valence-electron chi connectivity index (χ2n) is 9.53. The van der Waals surface area contributed by atoms with Crippen molar-refractivity contribution < 1.29 is 8.83 Å². The van der Waals surface area contributed by atoms with Crippen molar-refractivity contribution in [2.75, 3.05) is 0 Å². The van der Waals surface area contributed by atoms with Crippen LogP contribution in [0.3, 0.4) is 0 Å². The summed E-state index contributed by atoms with van der Waals surface area (Å²) in [7, 11) is 0. The Morgan fingerprint density at radius 2 is 1.51 bits per heavy atom. The van der Waals surface area contributed by atoms with Crippen LogP contribution in [0.2, 0.25) is 0 Å². The number of hydrogen-bond donors (Lipinski definition) is 0. The number of benzene rings is 4. The second-order valence-corrected chi connectivity index (χ2v) is 9.53. The van der Waals surface area contributed by atoms with E-state index in [1.54, 1.807) is 6.26 Å². The van der Waals surface area contributed by atoms with E-state index < -0.39 is 0 Å². The molecule has 184 valence electrons. The zero-order valence-corrected chi connectivity index (χ0v) is 20.8. The first-order valence-corrected chi connectivity index (χ1v) is 12.8. The highest BCUT2D eigenvalue weighted by Gasteiger charge is 2.16. The van der Waals surface area contributed by atoms with Crippen molar-refractivity contribution in [3.8, 4) is 39.7 Å². The molecule has 4 aromatic heterocycles. The fourth-order valence-electron chi connectivity index (χ4n) is 5.37. The maximum atomic E-state index is 6.21. The van der Waals surface area contributed by atoms with Crippen LogP contribution in [0.4, 0.5) is 0 Å². The quantitative estimate of drug-likeness (QED) is 0.241. The molecule has 0 aliphatic carbocycles. The first kappa shape index (κ1) is 21.6. The molecule has 0 aliphatic rings. The Kier molecular flexibility index (Phi) is 4.76. The summed E-state index contributed by atoms with van der Waals surface area (Å²) in [4.78, 5) is 9.40. The largest absolute Gasteiger partial charge is 0.464 e. The number of aromatic nitrogens is 3. The standard InChI is InChI=1S/C34H21N3O2/c1-2-11-30-26(9-1)27-15-13-24(34-36-29-20-23(14-16-33(29)39-34)32-12-6-18-38-32)21-31(27)37(30)25-8-5-7-22(19-25)28-10-3-4-17-35-28/h1-21H. The summed E-state index contributed by atoms with van der Waals surface area (Å²) in [6.07, 6.45) is 3.50. The monoisotopic (exact) mass is 503 g/mol. The zero-order chi connectivity index (χ0) is 25.8. The minimum atomic E-state index is 0.586. The lowest BCUT2D eigenvalue weighted by atomic mass is 10.1. The molecule has 0 radical (unpaired) electrons. The summed E-state index contributed by atoms with van der Waals surface area (Å²) < 4.78 is 14.1. The molecule has 0 atom stereocenters. The predicted molar refractivity (Wildman–Crippen MR) is 155 cm³/mol. The van der Waals surface area contributed by atoms with Gasteiger partial charge in [0.25, 0.3) is 0 Å². The van der Waals surface area contributed by atoms with Gasteiger partial charge in [-0.3, -0.25) is 4.98 Å². The van der Waals surface area contributed by atoms with Gasteiger partial charge in [0.1, 0.15) is 11.3 Å². The molecule has 0 amide bonds. The number of pyridine rings is 1. The maximum Gasteiger partial charge on any atom is 0.227 e. The highest BCUT2D eigenvalue weighted by atomic mass is 16.3. The summed E-state index contributed by atoms with van der Waals surface area (Å²) in [5.41, 5.74) is 8.74. The lowest BCUT2D eigenvalue weighted by molar-refractivity contribution is 0.582. The zero-order valence-electron chi connectivity index (χ0n) is 20.8. The summed E-state index contributed by atoms with van der Waals surface area (Å²) in [5.74, 6) is 1.39. The Labute approximate surface area is 223 Å². The molecule has 0 aliphatic heterocycles. The molecule has 39 heavy (non-hydrogen) atoms. The van der Waals surface area contributed by atoms with Crippen LogP contribution >= 0.6 is 0 Å². The highest BCUT2D eigenvalue weighted by molar-refractivity contribution is 6.10. The van der Waals surface area contributed by atoms with Gasteiger partial charge < -0.3 is 13.4 Å². The average Bonchev–Trinajstić information content (AvgIpc) is 3.75. The normalized spacial score (nSPS) is 11.6. The molecule has 0 saturated carbocycles. The number of hydrogen-bond acceptors (Lipinski definition) is 4. The van der Waals surface area contributed by atoms with Crippen molar-refractivity contribution in [3.63, 3.8) is 0 Å². The van der Waals surface area contributed by atoms with E-state index in [-0.39, 0.29) is 0 Å². The minimum Gasteiger partial charge on any atom is -0.464 e. The molecule has 5 heteroatoms. The molecule has 0 fully saturated rings. The molecule has 8 aromatic rings. The van der Waals surface area contributed by atoms with Crippen molar-refractivity contribution in [1.29, 1.82) is 0 Å². The topological polar surface area (TPSA) is 57.0 Å².